The predicted octanol–water partition coefficient (Wildman–Crippen LogP) is 3.44. The molecular weight excluding hydrogens is 416 g/mol. The van der Waals surface area contributed by atoms with Crippen molar-refractivity contribution in [2.75, 3.05) is 36.6 Å². The van der Waals surface area contributed by atoms with Crippen molar-refractivity contribution in [3.63, 3.8) is 0 Å². The minimum Gasteiger partial charge on any atom is -0.383 e. The van der Waals surface area contributed by atoms with Crippen LogP contribution in [0.3, 0.4) is 0 Å². The first-order valence-electron chi connectivity index (χ1n) is 11.7. The molecule has 0 saturated heterocycles. The van der Waals surface area contributed by atoms with Gasteiger partial charge in [-0.05, 0) is 68.9 Å². The fourth-order valence-corrected chi connectivity index (χ4v) is 4.30. The van der Waals surface area contributed by atoms with E-state index < -0.39 is 5.41 Å². The van der Waals surface area contributed by atoms with Gasteiger partial charge < -0.3 is 19.9 Å². The number of fused-ring (bicyclic) bond motifs is 1. The van der Waals surface area contributed by atoms with Crippen molar-refractivity contribution in [2.24, 2.45) is 11.3 Å². The number of aromatic nitrogens is 1. The number of pyridine rings is 1. The summed E-state index contributed by atoms with van der Waals surface area (Å²) in [5.74, 6) is 0.209. The van der Waals surface area contributed by atoms with Crippen molar-refractivity contribution in [1.82, 2.24) is 10.3 Å². The molecule has 1 aromatic carbocycles. The van der Waals surface area contributed by atoms with Gasteiger partial charge in [0, 0.05) is 45.2 Å². The summed E-state index contributed by atoms with van der Waals surface area (Å²) in [6.45, 7) is 8.31. The van der Waals surface area contributed by atoms with E-state index in [1.807, 2.05) is 36.1 Å². The number of benzene rings is 1. The number of nitrogens with zero attached hydrogens (tertiary/aromatic N) is 3. The summed E-state index contributed by atoms with van der Waals surface area (Å²) in [5, 5.41) is 3.48. The van der Waals surface area contributed by atoms with Gasteiger partial charge in [-0.1, -0.05) is 12.1 Å². The lowest BCUT2D eigenvalue weighted by molar-refractivity contribution is -0.137. The molecular formula is C26H34N4O3. The fourth-order valence-electron chi connectivity index (χ4n) is 4.30. The van der Waals surface area contributed by atoms with Crippen molar-refractivity contribution in [3.8, 4) is 0 Å². The van der Waals surface area contributed by atoms with Crippen LogP contribution in [-0.2, 0) is 27.4 Å². The zero-order valence-electron chi connectivity index (χ0n) is 20.1. The van der Waals surface area contributed by atoms with Crippen LogP contribution in [0.15, 0.2) is 36.5 Å². The molecule has 1 aliphatic carbocycles. The average molecular weight is 451 g/mol. The zero-order chi connectivity index (χ0) is 23.6. The van der Waals surface area contributed by atoms with Gasteiger partial charge in [-0.15, -0.1) is 0 Å². The number of anilines is 2. The Kier molecular flexibility index (Phi) is 6.81. The van der Waals surface area contributed by atoms with Crippen LogP contribution in [0.25, 0.3) is 0 Å². The van der Waals surface area contributed by atoms with Gasteiger partial charge in [0.05, 0.1) is 18.0 Å². The number of ether oxygens (including phenoxy) is 1. The topological polar surface area (TPSA) is 74.8 Å². The van der Waals surface area contributed by atoms with Gasteiger partial charge in [-0.25, -0.2) is 0 Å². The van der Waals surface area contributed by atoms with E-state index >= 15 is 0 Å². The summed E-state index contributed by atoms with van der Waals surface area (Å²) < 4.78 is 5.29. The third kappa shape index (κ3) is 4.94. The number of rotatable bonds is 9. The molecule has 7 nitrogen and oxygen atoms in total. The minimum absolute atomic E-state index is 0.126. The van der Waals surface area contributed by atoms with Gasteiger partial charge in [0.25, 0.3) is 0 Å². The van der Waals surface area contributed by atoms with Gasteiger partial charge in [0.1, 0.15) is 5.41 Å². The maximum Gasteiger partial charge on any atom is 0.242 e. The second-order valence-corrected chi connectivity index (χ2v) is 9.61. The van der Waals surface area contributed by atoms with Crippen molar-refractivity contribution < 1.29 is 14.3 Å². The molecule has 2 aliphatic rings. The van der Waals surface area contributed by atoms with E-state index in [2.05, 4.69) is 16.4 Å². The molecule has 1 saturated carbocycles. The van der Waals surface area contributed by atoms with E-state index in [0.717, 1.165) is 41.0 Å². The molecule has 0 radical (unpaired) electrons. The van der Waals surface area contributed by atoms with Crippen LogP contribution in [0.1, 0.15) is 43.5 Å². The lowest BCUT2D eigenvalue weighted by atomic mass is 9.90. The lowest BCUT2D eigenvalue weighted by Crippen LogP contribution is -2.49. The first-order chi connectivity index (χ1) is 15.8. The molecule has 0 bridgehead atoms. The molecule has 176 valence electrons. The Balaban J connectivity index is 1.64. The van der Waals surface area contributed by atoms with E-state index in [0.29, 0.717) is 38.7 Å². The lowest BCUT2D eigenvalue weighted by Gasteiger charge is -2.28. The molecule has 1 aromatic heterocycles. The van der Waals surface area contributed by atoms with E-state index in [9.17, 15) is 9.59 Å². The maximum atomic E-state index is 13.5. The first-order valence-corrected chi connectivity index (χ1v) is 11.7. The number of nitrogens with one attached hydrogen (secondary N) is 1. The highest BCUT2D eigenvalue weighted by molar-refractivity contribution is 6.20. The highest BCUT2D eigenvalue weighted by Gasteiger charge is 2.47. The Morgan fingerprint density at radius 1 is 1.09 bits per heavy atom. The molecule has 1 aliphatic heterocycles. The van der Waals surface area contributed by atoms with Gasteiger partial charge in [-0.2, -0.15) is 0 Å². The van der Waals surface area contributed by atoms with E-state index in [1.54, 1.807) is 32.1 Å². The van der Waals surface area contributed by atoms with Crippen molar-refractivity contribution in [2.45, 2.75) is 46.7 Å². The van der Waals surface area contributed by atoms with Crippen LogP contribution >= 0.6 is 0 Å². The normalized spacial score (nSPS) is 17.8. The number of hydrogen-bond donors (Lipinski definition) is 1. The Hall–Kier alpha value is -2.77. The van der Waals surface area contributed by atoms with E-state index in [1.165, 1.54) is 0 Å². The van der Waals surface area contributed by atoms with Crippen LogP contribution in [0, 0.1) is 18.3 Å². The van der Waals surface area contributed by atoms with Gasteiger partial charge >= 0.3 is 0 Å². The standard InChI is InChI=1S/C26H34N4O3/c1-18-21(6-5-11-28-18)16-27-15-20-9-10-22-23(14-20)29(12-13-33-4)24(31)26(2,3)25(32)30(22)17-19-7-8-19/h5-6,9-11,14,19,27H,7-8,12-13,15-17H2,1-4H3. The molecule has 0 atom stereocenters. The second-order valence-electron chi connectivity index (χ2n) is 9.61. The van der Waals surface area contributed by atoms with Crippen molar-refractivity contribution >= 4 is 23.2 Å². The molecule has 7 heteroatoms. The molecule has 2 heterocycles. The number of hydrogen-bond acceptors (Lipinski definition) is 5. The Morgan fingerprint density at radius 2 is 1.85 bits per heavy atom. The number of aryl methyl sites for hydroxylation is 1. The third-order valence-corrected chi connectivity index (χ3v) is 6.60. The van der Waals surface area contributed by atoms with Gasteiger partial charge in [-0.3, -0.25) is 14.6 Å². The first kappa shape index (κ1) is 23.4. The quantitative estimate of drug-likeness (QED) is 0.593. The summed E-state index contributed by atoms with van der Waals surface area (Å²) in [4.78, 5) is 35.0. The zero-order valence-corrected chi connectivity index (χ0v) is 20.1. The highest BCUT2D eigenvalue weighted by Crippen LogP contribution is 2.42. The number of carbonyl (C=O) groups excluding carboxylic acids is 2. The molecule has 1 fully saturated rings. The molecule has 2 aromatic rings. The summed E-state index contributed by atoms with van der Waals surface area (Å²) in [5.41, 5.74) is 3.70. The largest absolute Gasteiger partial charge is 0.383 e. The number of methoxy groups -OCH3 is 1. The second kappa shape index (κ2) is 9.61. The molecule has 2 amide bonds. The van der Waals surface area contributed by atoms with Gasteiger partial charge in [0.15, 0.2) is 0 Å². The fraction of sp³-hybridized carbons (Fsp3) is 0.500. The summed E-state index contributed by atoms with van der Waals surface area (Å²) in [7, 11) is 1.62. The highest BCUT2D eigenvalue weighted by atomic mass is 16.5. The average Bonchev–Trinajstić information content (AvgIpc) is 3.63. The van der Waals surface area contributed by atoms with Crippen LogP contribution < -0.4 is 15.1 Å². The SMILES string of the molecule is COCCN1C(=O)C(C)(C)C(=O)N(CC2CC2)c2ccc(CNCc3cccnc3C)cc21. The van der Waals surface area contributed by atoms with Crippen molar-refractivity contribution in [3.05, 3.63) is 53.3 Å². The molecule has 0 unspecified atom stereocenters. The molecule has 4 rings (SSSR count). The van der Waals surface area contributed by atoms with Crippen LogP contribution in [0.5, 0.6) is 0 Å². The number of amides is 2. The van der Waals surface area contributed by atoms with Crippen molar-refractivity contribution in [1.29, 1.82) is 0 Å². The van der Waals surface area contributed by atoms with E-state index in [-0.39, 0.29) is 11.8 Å². The minimum atomic E-state index is -1.13. The van der Waals surface area contributed by atoms with Crippen LogP contribution in [-0.4, -0.2) is 43.6 Å². The Labute approximate surface area is 196 Å². The Morgan fingerprint density at radius 3 is 2.55 bits per heavy atom. The third-order valence-electron chi connectivity index (χ3n) is 6.60. The molecule has 1 N–H and O–H groups in total. The van der Waals surface area contributed by atoms with Crippen LogP contribution in [0.2, 0.25) is 0 Å². The summed E-state index contributed by atoms with van der Waals surface area (Å²) in [6.07, 6.45) is 4.07. The maximum absolute atomic E-state index is 13.5. The molecule has 0 spiro atoms. The summed E-state index contributed by atoms with van der Waals surface area (Å²) in [6, 6.07) is 10.1. The Bertz CT molecular complexity index is 1030. The summed E-state index contributed by atoms with van der Waals surface area (Å²) >= 11 is 0. The van der Waals surface area contributed by atoms with Gasteiger partial charge in [0.2, 0.25) is 11.8 Å². The monoisotopic (exact) mass is 450 g/mol. The molecule has 33 heavy (non-hydrogen) atoms. The smallest absolute Gasteiger partial charge is 0.242 e. The van der Waals surface area contributed by atoms with E-state index in [4.69, 9.17) is 4.74 Å². The number of carbonyl (C=O) groups is 2. The van der Waals surface area contributed by atoms with Crippen LogP contribution in [0.4, 0.5) is 11.4 Å². The predicted molar refractivity (Wildman–Crippen MR) is 129 cm³/mol.